The van der Waals surface area contributed by atoms with Crippen molar-refractivity contribution in [3.63, 3.8) is 0 Å². The van der Waals surface area contributed by atoms with E-state index in [9.17, 15) is 9.59 Å². The molecule has 4 N–H and O–H groups in total. The molecule has 52 valence electrons. The Morgan fingerprint density at radius 3 is 2.44 bits per heavy atom. The van der Waals surface area contributed by atoms with E-state index in [0.29, 0.717) is 0 Å². The molecule has 0 saturated carbocycles. The fraction of sp³-hybridized carbons (Fsp3) is 0.500. The Labute approximate surface area is 51.8 Å². The van der Waals surface area contributed by atoms with E-state index in [-0.39, 0.29) is 13.0 Å². The van der Waals surface area contributed by atoms with Gasteiger partial charge in [-0.1, -0.05) is 0 Å². The fourth-order valence-electron chi connectivity index (χ4n) is 0.293. The fourth-order valence-corrected chi connectivity index (χ4v) is 0.293. The van der Waals surface area contributed by atoms with Crippen LogP contribution in [0.1, 0.15) is 6.42 Å². The van der Waals surface area contributed by atoms with Gasteiger partial charge in [0.05, 0.1) is 0 Å². The largest absolute Gasteiger partial charge is 0.465 e. The van der Waals surface area contributed by atoms with Crippen molar-refractivity contribution in [1.82, 2.24) is 5.32 Å². The van der Waals surface area contributed by atoms with Gasteiger partial charge in [0.25, 0.3) is 0 Å². The van der Waals surface area contributed by atoms with Crippen molar-refractivity contribution in [3.8, 4) is 0 Å². The van der Waals surface area contributed by atoms with Gasteiger partial charge in [-0.25, -0.2) is 4.79 Å². The van der Waals surface area contributed by atoms with Gasteiger partial charge in [0.2, 0.25) is 5.91 Å². The summed E-state index contributed by atoms with van der Waals surface area (Å²) in [6, 6.07) is 0. The zero-order valence-electron chi connectivity index (χ0n) is 4.76. The number of carboxylic acid groups (broad SMARTS) is 1. The SMILES string of the molecule is NC(=O)CCNC(=O)O. The predicted molar refractivity (Wildman–Crippen MR) is 29.8 cm³/mol. The summed E-state index contributed by atoms with van der Waals surface area (Å²) in [4.78, 5) is 19.7. The molecule has 0 saturated heterocycles. The van der Waals surface area contributed by atoms with E-state index in [2.05, 4.69) is 0 Å². The molecule has 0 rings (SSSR count). The van der Waals surface area contributed by atoms with Gasteiger partial charge in [-0.3, -0.25) is 4.79 Å². The predicted octanol–water partition coefficient (Wildman–Crippen LogP) is -0.871. The topological polar surface area (TPSA) is 92.4 Å². The molecule has 0 aliphatic carbocycles. The maximum atomic E-state index is 9.97. The van der Waals surface area contributed by atoms with Crippen LogP contribution in [0.15, 0.2) is 0 Å². The van der Waals surface area contributed by atoms with Gasteiger partial charge in [-0.05, 0) is 0 Å². The number of hydrogen-bond donors (Lipinski definition) is 3. The molecular formula is C4H8N2O3. The van der Waals surface area contributed by atoms with Gasteiger partial charge in [0.1, 0.15) is 0 Å². The van der Waals surface area contributed by atoms with Crippen LogP contribution in [0.3, 0.4) is 0 Å². The molecule has 0 heterocycles. The summed E-state index contributed by atoms with van der Waals surface area (Å²) in [7, 11) is 0. The summed E-state index contributed by atoms with van der Waals surface area (Å²) in [6.45, 7) is 0.0880. The van der Waals surface area contributed by atoms with Crippen LogP contribution in [0.25, 0.3) is 0 Å². The third kappa shape index (κ3) is 6.74. The maximum absolute atomic E-state index is 9.97. The van der Waals surface area contributed by atoms with E-state index in [1.165, 1.54) is 0 Å². The number of nitrogens with one attached hydrogen (secondary N) is 1. The lowest BCUT2D eigenvalue weighted by Crippen LogP contribution is -2.26. The van der Waals surface area contributed by atoms with Gasteiger partial charge < -0.3 is 16.2 Å². The van der Waals surface area contributed by atoms with Crippen LogP contribution in [0.4, 0.5) is 4.79 Å². The number of rotatable bonds is 3. The molecule has 0 bridgehead atoms. The molecule has 0 atom stereocenters. The number of amides is 2. The second-order valence-electron chi connectivity index (χ2n) is 1.45. The van der Waals surface area contributed by atoms with E-state index in [1.807, 2.05) is 5.32 Å². The molecular weight excluding hydrogens is 124 g/mol. The summed E-state index contributed by atoms with van der Waals surface area (Å²) in [5.74, 6) is -0.510. The number of primary amides is 1. The number of nitrogens with two attached hydrogens (primary N) is 1. The van der Waals surface area contributed by atoms with E-state index < -0.39 is 12.0 Å². The molecule has 0 spiro atoms. The lowest BCUT2D eigenvalue weighted by atomic mass is 10.4. The highest BCUT2D eigenvalue weighted by atomic mass is 16.4. The molecule has 5 nitrogen and oxygen atoms in total. The van der Waals surface area contributed by atoms with Crippen molar-refractivity contribution in [3.05, 3.63) is 0 Å². The van der Waals surface area contributed by atoms with Crippen LogP contribution in [0.5, 0.6) is 0 Å². The van der Waals surface area contributed by atoms with Crippen molar-refractivity contribution >= 4 is 12.0 Å². The van der Waals surface area contributed by atoms with Crippen molar-refractivity contribution in [2.24, 2.45) is 5.73 Å². The van der Waals surface area contributed by atoms with Crippen molar-refractivity contribution < 1.29 is 14.7 Å². The zero-order valence-corrected chi connectivity index (χ0v) is 4.76. The lowest BCUT2D eigenvalue weighted by molar-refractivity contribution is -0.117. The smallest absolute Gasteiger partial charge is 0.404 e. The molecule has 9 heavy (non-hydrogen) atoms. The van der Waals surface area contributed by atoms with Crippen LogP contribution in [0.2, 0.25) is 0 Å². The van der Waals surface area contributed by atoms with E-state index in [4.69, 9.17) is 10.8 Å². The summed E-state index contributed by atoms with van der Waals surface area (Å²) >= 11 is 0. The third-order valence-electron chi connectivity index (χ3n) is 0.648. The van der Waals surface area contributed by atoms with Crippen LogP contribution in [-0.4, -0.2) is 23.7 Å². The first-order valence-electron chi connectivity index (χ1n) is 2.38. The Morgan fingerprint density at radius 2 is 2.11 bits per heavy atom. The maximum Gasteiger partial charge on any atom is 0.404 e. The van der Waals surface area contributed by atoms with E-state index >= 15 is 0 Å². The first-order valence-corrected chi connectivity index (χ1v) is 2.38. The summed E-state index contributed by atoms with van der Waals surface area (Å²) < 4.78 is 0. The minimum absolute atomic E-state index is 0.0479. The first kappa shape index (κ1) is 7.74. The zero-order chi connectivity index (χ0) is 7.28. The second-order valence-corrected chi connectivity index (χ2v) is 1.45. The summed E-state index contributed by atoms with van der Waals surface area (Å²) in [5, 5.41) is 9.96. The second kappa shape index (κ2) is 3.71. The summed E-state index contributed by atoms with van der Waals surface area (Å²) in [5.41, 5.74) is 4.71. The standard InChI is InChI=1S/C4H8N2O3/c5-3(7)1-2-6-4(8)9/h6H,1-2H2,(H2,5,7)(H,8,9). The quantitative estimate of drug-likeness (QED) is 0.466. The minimum Gasteiger partial charge on any atom is -0.465 e. The molecule has 0 aromatic heterocycles. The Kier molecular flexibility index (Phi) is 3.19. The molecule has 0 aliphatic rings. The van der Waals surface area contributed by atoms with Gasteiger partial charge >= 0.3 is 6.09 Å². The Bertz CT molecular complexity index is 109. The van der Waals surface area contributed by atoms with Crippen molar-refractivity contribution in [2.75, 3.05) is 6.54 Å². The Morgan fingerprint density at radius 1 is 1.56 bits per heavy atom. The van der Waals surface area contributed by atoms with E-state index in [1.54, 1.807) is 0 Å². The molecule has 0 radical (unpaired) electrons. The third-order valence-corrected chi connectivity index (χ3v) is 0.648. The van der Waals surface area contributed by atoms with Crippen LogP contribution in [-0.2, 0) is 4.79 Å². The minimum atomic E-state index is -1.14. The van der Waals surface area contributed by atoms with E-state index in [0.717, 1.165) is 0 Å². The average Bonchev–Trinajstić information content (AvgIpc) is 1.63. The number of carbonyl (C=O) groups excluding carboxylic acids is 1. The van der Waals surface area contributed by atoms with Crippen LogP contribution < -0.4 is 11.1 Å². The highest BCUT2D eigenvalue weighted by Crippen LogP contribution is 1.71. The number of hydrogen-bond acceptors (Lipinski definition) is 2. The van der Waals surface area contributed by atoms with Gasteiger partial charge in [0.15, 0.2) is 0 Å². The molecule has 0 aromatic carbocycles. The molecule has 0 aliphatic heterocycles. The highest BCUT2D eigenvalue weighted by molar-refractivity contribution is 5.74. The highest BCUT2D eigenvalue weighted by Gasteiger charge is 1.95. The number of carbonyl (C=O) groups is 2. The Balaban J connectivity index is 3.10. The van der Waals surface area contributed by atoms with Gasteiger partial charge in [0, 0.05) is 13.0 Å². The molecule has 0 fully saturated rings. The molecule has 5 heteroatoms. The summed E-state index contributed by atoms with van der Waals surface area (Å²) in [6.07, 6.45) is -1.09. The monoisotopic (exact) mass is 132 g/mol. The molecule has 2 amide bonds. The van der Waals surface area contributed by atoms with Crippen molar-refractivity contribution in [1.29, 1.82) is 0 Å². The Hall–Kier alpha value is -1.26. The lowest BCUT2D eigenvalue weighted by Gasteiger charge is -1.94. The normalized spacial score (nSPS) is 8.44. The molecule has 0 aromatic rings. The van der Waals surface area contributed by atoms with Crippen molar-refractivity contribution in [2.45, 2.75) is 6.42 Å². The van der Waals surface area contributed by atoms with Gasteiger partial charge in [-0.15, -0.1) is 0 Å². The van der Waals surface area contributed by atoms with Gasteiger partial charge in [-0.2, -0.15) is 0 Å². The molecule has 0 unspecified atom stereocenters. The van der Waals surface area contributed by atoms with Crippen LogP contribution >= 0.6 is 0 Å². The first-order chi connectivity index (χ1) is 4.13. The van der Waals surface area contributed by atoms with Crippen LogP contribution in [0, 0.1) is 0 Å². The average molecular weight is 132 g/mol.